The molecule has 2 rings (SSSR count). The highest BCUT2D eigenvalue weighted by Crippen LogP contribution is 2.30. The molecule has 1 N–H and O–H groups in total. The van der Waals surface area contributed by atoms with Crippen molar-refractivity contribution in [3.8, 4) is 23.0 Å². The fourth-order valence-electron chi connectivity index (χ4n) is 5.50. The fourth-order valence-corrected chi connectivity index (χ4v) is 5.50. The van der Waals surface area contributed by atoms with Crippen LogP contribution in [0.25, 0.3) is 12.2 Å². The van der Waals surface area contributed by atoms with Crippen LogP contribution in [0.1, 0.15) is 141 Å². The molecule has 0 bridgehead atoms. The van der Waals surface area contributed by atoms with Crippen molar-refractivity contribution in [2.75, 3.05) is 14.2 Å². The molecule has 0 saturated carbocycles. The van der Waals surface area contributed by atoms with Gasteiger partial charge in [-0.2, -0.15) is 0 Å². The largest absolute Gasteiger partial charge is 0.508 e. The first-order valence-electron chi connectivity index (χ1n) is 18.9. The molecule has 8 heteroatoms. The molecule has 2 aromatic rings. The molecule has 8 nitrogen and oxygen atoms in total. The summed E-state index contributed by atoms with van der Waals surface area (Å²) >= 11 is 0. The maximum Gasteiger partial charge on any atom is 0.311 e. The van der Waals surface area contributed by atoms with E-state index in [-0.39, 0.29) is 17.7 Å². The van der Waals surface area contributed by atoms with Gasteiger partial charge in [0.15, 0.2) is 28.8 Å². The van der Waals surface area contributed by atoms with Gasteiger partial charge in [0.2, 0.25) is 0 Å². The third kappa shape index (κ3) is 19.0. The molecule has 0 spiro atoms. The number of aliphatic hydroxyl groups excluding tert-OH is 1. The molecule has 0 fully saturated rings. The summed E-state index contributed by atoms with van der Waals surface area (Å²) in [5.74, 6) is 0.189. The average molecular weight is 705 g/mol. The number of esters is 2. The van der Waals surface area contributed by atoms with Crippen molar-refractivity contribution >= 4 is 29.9 Å². The number of carbonyl (C=O) groups excluding carboxylic acids is 3. The van der Waals surface area contributed by atoms with Crippen LogP contribution < -0.4 is 18.9 Å². The second-order valence-corrected chi connectivity index (χ2v) is 12.9. The Bertz CT molecular complexity index is 1420. The molecule has 51 heavy (non-hydrogen) atoms. The van der Waals surface area contributed by atoms with Crippen LogP contribution in [0.5, 0.6) is 23.0 Å². The minimum Gasteiger partial charge on any atom is -0.508 e. The van der Waals surface area contributed by atoms with Gasteiger partial charge < -0.3 is 24.1 Å². The van der Waals surface area contributed by atoms with E-state index < -0.39 is 5.78 Å². The SMILES string of the molecule is CCCCCCCCCCC(=O)Oc1ccc(/C=C/C(=O)/C=C(O)/C=C/c2ccc(OC(=O)CCCCCCCCCC)c(OC)c2)cc1OC. The molecule has 0 heterocycles. The second kappa shape index (κ2) is 26.5. The first-order chi connectivity index (χ1) is 24.8. The monoisotopic (exact) mass is 704 g/mol. The van der Waals surface area contributed by atoms with E-state index >= 15 is 0 Å². The number of methoxy groups -OCH3 is 2. The lowest BCUT2D eigenvalue weighted by atomic mass is 10.1. The molecule has 0 aliphatic carbocycles. The summed E-state index contributed by atoms with van der Waals surface area (Å²) in [7, 11) is 2.99. The fraction of sp³-hybridized carbons (Fsp3) is 0.512. The van der Waals surface area contributed by atoms with E-state index in [0.29, 0.717) is 47.0 Å². The molecule has 0 unspecified atom stereocenters. The lowest BCUT2D eigenvalue weighted by Crippen LogP contribution is -2.08. The highest BCUT2D eigenvalue weighted by molar-refractivity contribution is 6.02. The standard InChI is InChI=1S/C43H60O8/c1-5-7-9-11-13-15-17-19-21-42(46)50-38-29-25-34(31-40(38)48-3)23-27-36(44)33-37(45)28-24-35-26-30-39(41(32-35)49-4)51-43(47)22-20-18-16-14-12-10-8-6-2/h23-33,44H,5-22H2,1-4H3/b27-23+,28-24+,36-33-. The lowest BCUT2D eigenvalue weighted by Gasteiger charge is -2.10. The Morgan fingerprint density at radius 1 is 0.549 bits per heavy atom. The van der Waals surface area contributed by atoms with Crippen LogP contribution in [0.2, 0.25) is 0 Å². The molecule has 0 amide bonds. The predicted molar refractivity (Wildman–Crippen MR) is 205 cm³/mol. The van der Waals surface area contributed by atoms with Crippen LogP contribution in [0.15, 0.2) is 60.4 Å². The smallest absolute Gasteiger partial charge is 0.311 e. The summed E-state index contributed by atoms with van der Waals surface area (Å²) in [6, 6.07) is 10.1. The van der Waals surface area contributed by atoms with E-state index in [1.54, 1.807) is 48.6 Å². The summed E-state index contributed by atoms with van der Waals surface area (Å²) in [4.78, 5) is 37.2. The first kappa shape index (κ1) is 42.8. The Labute approximate surface area is 305 Å². The summed E-state index contributed by atoms with van der Waals surface area (Å²) in [6.45, 7) is 4.42. The number of hydrogen-bond donors (Lipinski definition) is 1. The number of allylic oxidation sites excluding steroid dienone is 3. The molecule has 0 aromatic heterocycles. The highest BCUT2D eigenvalue weighted by atomic mass is 16.6. The van der Waals surface area contributed by atoms with Crippen molar-refractivity contribution in [1.29, 1.82) is 0 Å². The average Bonchev–Trinajstić information content (AvgIpc) is 3.12. The van der Waals surface area contributed by atoms with Gasteiger partial charge in [0, 0.05) is 18.9 Å². The number of ketones is 1. The zero-order valence-electron chi connectivity index (χ0n) is 31.4. The maximum absolute atomic E-state index is 12.5. The van der Waals surface area contributed by atoms with Crippen LogP contribution in [-0.4, -0.2) is 37.0 Å². The van der Waals surface area contributed by atoms with Crippen LogP contribution in [-0.2, 0) is 14.4 Å². The molecule has 0 aliphatic heterocycles. The molecule has 0 atom stereocenters. The summed E-state index contributed by atoms with van der Waals surface area (Å²) < 4.78 is 21.9. The third-order valence-corrected chi connectivity index (χ3v) is 8.47. The van der Waals surface area contributed by atoms with E-state index in [9.17, 15) is 19.5 Å². The minimum atomic E-state index is -0.423. The van der Waals surface area contributed by atoms with Crippen LogP contribution >= 0.6 is 0 Å². The highest BCUT2D eigenvalue weighted by Gasteiger charge is 2.12. The Morgan fingerprint density at radius 3 is 1.35 bits per heavy atom. The van der Waals surface area contributed by atoms with Gasteiger partial charge >= 0.3 is 11.9 Å². The topological polar surface area (TPSA) is 108 Å². The predicted octanol–water partition coefficient (Wildman–Crippen LogP) is 11.3. The van der Waals surface area contributed by atoms with Gasteiger partial charge in [-0.15, -0.1) is 0 Å². The molecular weight excluding hydrogens is 644 g/mol. The number of unbranched alkanes of at least 4 members (excludes halogenated alkanes) is 14. The zero-order chi connectivity index (χ0) is 37.1. The van der Waals surface area contributed by atoms with Gasteiger partial charge in [-0.1, -0.05) is 128 Å². The molecule has 280 valence electrons. The van der Waals surface area contributed by atoms with Gasteiger partial charge in [-0.25, -0.2) is 0 Å². The number of benzene rings is 2. The third-order valence-electron chi connectivity index (χ3n) is 8.47. The van der Waals surface area contributed by atoms with Gasteiger partial charge in [0.1, 0.15) is 5.76 Å². The van der Waals surface area contributed by atoms with E-state index in [0.717, 1.165) is 44.6 Å². The van der Waals surface area contributed by atoms with Gasteiger partial charge in [-0.05, 0) is 60.4 Å². The van der Waals surface area contributed by atoms with Crippen molar-refractivity contribution in [2.45, 2.75) is 129 Å². The Morgan fingerprint density at radius 2 is 0.941 bits per heavy atom. The number of hydrogen-bond acceptors (Lipinski definition) is 8. The number of carbonyl (C=O) groups is 3. The van der Waals surface area contributed by atoms with Crippen LogP contribution in [0.3, 0.4) is 0 Å². The van der Waals surface area contributed by atoms with Gasteiger partial charge in [-0.3, -0.25) is 14.4 Å². The Hall–Kier alpha value is -4.33. The van der Waals surface area contributed by atoms with Crippen molar-refractivity contribution in [3.63, 3.8) is 0 Å². The van der Waals surface area contributed by atoms with Crippen molar-refractivity contribution in [2.24, 2.45) is 0 Å². The van der Waals surface area contributed by atoms with Crippen LogP contribution in [0, 0.1) is 0 Å². The second-order valence-electron chi connectivity index (χ2n) is 12.9. The molecular formula is C43H60O8. The normalized spacial score (nSPS) is 11.6. The van der Waals surface area contributed by atoms with Crippen molar-refractivity contribution < 1.29 is 38.4 Å². The quantitative estimate of drug-likeness (QED) is 0.0244. The molecule has 0 saturated heterocycles. The molecule has 2 aromatic carbocycles. The zero-order valence-corrected chi connectivity index (χ0v) is 31.4. The first-order valence-corrected chi connectivity index (χ1v) is 18.9. The molecule has 0 radical (unpaired) electrons. The Balaban J connectivity index is 1.83. The maximum atomic E-state index is 12.5. The number of ether oxygens (including phenoxy) is 4. The van der Waals surface area contributed by atoms with Gasteiger partial charge in [0.25, 0.3) is 0 Å². The van der Waals surface area contributed by atoms with E-state index in [2.05, 4.69) is 13.8 Å². The summed E-state index contributed by atoms with van der Waals surface area (Å²) in [5.41, 5.74) is 1.35. The van der Waals surface area contributed by atoms with E-state index in [1.807, 2.05) is 0 Å². The summed E-state index contributed by atoms with van der Waals surface area (Å²) in [6.07, 6.45) is 26.1. The van der Waals surface area contributed by atoms with Crippen molar-refractivity contribution in [1.82, 2.24) is 0 Å². The minimum absolute atomic E-state index is 0.235. The Kier molecular flexibility index (Phi) is 22.2. The van der Waals surface area contributed by atoms with Gasteiger partial charge in [0.05, 0.1) is 14.2 Å². The molecule has 0 aliphatic rings. The summed E-state index contributed by atoms with van der Waals surface area (Å²) in [5, 5.41) is 10.3. The lowest BCUT2D eigenvalue weighted by molar-refractivity contribution is -0.135. The number of aliphatic hydroxyl groups is 1. The van der Waals surface area contributed by atoms with Crippen molar-refractivity contribution in [3.05, 3.63) is 71.5 Å². The van der Waals surface area contributed by atoms with E-state index in [1.165, 1.54) is 90.6 Å². The van der Waals surface area contributed by atoms with E-state index in [4.69, 9.17) is 18.9 Å². The van der Waals surface area contributed by atoms with Crippen LogP contribution in [0.4, 0.5) is 0 Å². The number of rotatable bonds is 27.